The fourth-order valence-electron chi connectivity index (χ4n) is 3.40. The van der Waals surface area contributed by atoms with Crippen LogP contribution in [-0.4, -0.2) is 34.9 Å². The highest BCUT2D eigenvalue weighted by molar-refractivity contribution is 5.81. The Hall–Kier alpha value is -4.20. The van der Waals surface area contributed by atoms with E-state index in [1.807, 2.05) is 65.9 Å². The number of fused-ring (bicyclic) bond motifs is 1. The van der Waals surface area contributed by atoms with Gasteiger partial charge >= 0.3 is 0 Å². The average molecular weight is 422 g/mol. The van der Waals surface area contributed by atoms with Crippen molar-refractivity contribution in [2.45, 2.75) is 26.3 Å². The topological polar surface area (TPSA) is 94.3 Å². The molecule has 0 aliphatic rings. The van der Waals surface area contributed by atoms with Gasteiger partial charge in [-0.3, -0.25) is 14.6 Å². The van der Waals surface area contributed by atoms with E-state index < -0.39 is 0 Å². The van der Waals surface area contributed by atoms with Crippen LogP contribution in [0, 0.1) is 0 Å². The SMILES string of the molecule is CC(C)c1cnnc(Nc2ccc3ncc(-c4cnn(Cc5cccnc5)c4)cc3n2)c1. The van der Waals surface area contributed by atoms with Gasteiger partial charge in [-0.1, -0.05) is 19.9 Å². The molecule has 0 saturated heterocycles. The summed E-state index contributed by atoms with van der Waals surface area (Å²) >= 11 is 0. The largest absolute Gasteiger partial charge is 0.323 e. The Balaban J connectivity index is 1.40. The van der Waals surface area contributed by atoms with E-state index in [2.05, 4.69) is 44.4 Å². The lowest BCUT2D eigenvalue weighted by atomic mass is 10.1. The van der Waals surface area contributed by atoms with E-state index in [1.165, 1.54) is 0 Å². The normalized spacial score (nSPS) is 11.2. The summed E-state index contributed by atoms with van der Waals surface area (Å²) in [6, 6.07) is 11.8. The van der Waals surface area contributed by atoms with Gasteiger partial charge in [0.15, 0.2) is 5.82 Å². The Kier molecular flexibility index (Phi) is 5.25. The molecular weight excluding hydrogens is 400 g/mol. The number of nitrogens with one attached hydrogen (secondary N) is 1. The van der Waals surface area contributed by atoms with Gasteiger partial charge < -0.3 is 5.32 Å². The van der Waals surface area contributed by atoms with Crippen molar-refractivity contribution in [2.24, 2.45) is 0 Å². The second-order valence-corrected chi connectivity index (χ2v) is 7.90. The van der Waals surface area contributed by atoms with Crippen molar-refractivity contribution in [3.05, 3.63) is 84.7 Å². The molecule has 0 aromatic carbocycles. The molecule has 8 heteroatoms. The highest BCUT2D eigenvalue weighted by Gasteiger charge is 2.08. The second kappa shape index (κ2) is 8.50. The van der Waals surface area contributed by atoms with E-state index in [0.717, 1.165) is 33.3 Å². The first-order valence-corrected chi connectivity index (χ1v) is 10.4. The highest BCUT2D eigenvalue weighted by atomic mass is 15.3. The maximum atomic E-state index is 4.73. The first kappa shape index (κ1) is 19.7. The number of hydrogen-bond donors (Lipinski definition) is 1. The molecule has 0 unspecified atom stereocenters. The van der Waals surface area contributed by atoms with Crippen molar-refractivity contribution < 1.29 is 0 Å². The zero-order valence-corrected chi connectivity index (χ0v) is 17.8. The average Bonchev–Trinajstić information content (AvgIpc) is 3.28. The van der Waals surface area contributed by atoms with Crippen molar-refractivity contribution in [1.82, 2.24) is 34.9 Å². The first-order valence-electron chi connectivity index (χ1n) is 10.4. The lowest BCUT2D eigenvalue weighted by Crippen LogP contribution is -2.00. The van der Waals surface area contributed by atoms with Gasteiger partial charge in [0.05, 0.1) is 30.0 Å². The van der Waals surface area contributed by atoms with E-state index in [-0.39, 0.29) is 0 Å². The van der Waals surface area contributed by atoms with Crippen molar-refractivity contribution in [1.29, 1.82) is 0 Å². The van der Waals surface area contributed by atoms with Crippen molar-refractivity contribution >= 4 is 22.7 Å². The van der Waals surface area contributed by atoms with Crippen molar-refractivity contribution in [2.75, 3.05) is 5.32 Å². The molecule has 0 amide bonds. The molecule has 0 fully saturated rings. The predicted molar refractivity (Wildman–Crippen MR) is 124 cm³/mol. The van der Waals surface area contributed by atoms with Crippen LogP contribution in [0.15, 0.2) is 73.6 Å². The van der Waals surface area contributed by atoms with Crippen LogP contribution in [0.5, 0.6) is 0 Å². The molecule has 0 atom stereocenters. The molecular formula is C24H22N8. The van der Waals surface area contributed by atoms with Crippen LogP contribution in [0.3, 0.4) is 0 Å². The quantitative estimate of drug-likeness (QED) is 0.427. The van der Waals surface area contributed by atoms with Crippen molar-refractivity contribution in [3.63, 3.8) is 0 Å². The number of pyridine rings is 3. The number of rotatable bonds is 6. The van der Waals surface area contributed by atoms with Gasteiger partial charge in [0.2, 0.25) is 0 Å². The second-order valence-electron chi connectivity index (χ2n) is 7.90. The summed E-state index contributed by atoms with van der Waals surface area (Å²) in [5.41, 5.74) is 5.78. The Labute approximate surface area is 185 Å². The van der Waals surface area contributed by atoms with E-state index in [0.29, 0.717) is 24.1 Å². The maximum Gasteiger partial charge on any atom is 0.154 e. The molecule has 5 aromatic heterocycles. The molecule has 0 aliphatic carbocycles. The third kappa shape index (κ3) is 4.29. The zero-order valence-electron chi connectivity index (χ0n) is 17.8. The van der Waals surface area contributed by atoms with Crippen LogP contribution in [0.1, 0.15) is 30.9 Å². The van der Waals surface area contributed by atoms with Crippen LogP contribution < -0.4 is 5.32 Å². The van der Waals surface area contributed by atoms with Crippen LogP contribution in [0.2, 0.25) is 0 Å². The minimum absolute atomic E-state index is 0.376. The summed E-state index contributed by atoms with van der Waals surface area (Å²) in [6.07, 6.45) is 11.1. The fraction of sp³-hybridized carbons (Fsp3) is 0.167. The molecule has 0 bridgehead atoms. The predicted octanol–water partition coefficient (Wildman–Crippen LogP) is 4.59. The number of anilines is 2. The lowest BCUT2D eigenvalue weighted by molar-refractivity contribution is 0.685. The Morgan fingerprint density at radius 3 is 2.72 bits per heavy atom. The van der Waals surface area contributed by atoms with E-state index in [4.69, 9.17) is 4.98 Å². The van der Waals surface area contributed by atoms with Gasteiger partial charge in [-0.25, -0.2) is 4.98 Å². The molecule has 1 N–H and O–H groups in total. The monoisotopic (exact) mass is 422 g/mol. The first-order chi connectivity index (χ1) is 15.6. The van der Waals surface area contributed by atoms with Crippen LogP contribution >= 0.6 is 0 Å². The van der Waals surface area contributed by atoms with Crippen LogP contribution in [-0.2, 0) is 6.54 Å². The molecule has 158 valence electrons. The molecule has 5 aromatic rings. The molecule has 5 heterocycles. The third-order valence-corrected chi connectivity index (χ3v) is 5.17. The van der Waals surface area contributed by atoms with Gasteiger partial charge in [0.25, 0.3) is 0 Å². The van der Waals surface area contributed by atoms with Crippen LogP contribution in [0.4, 0.5) is 11.6 Å². The Morgan fingerprint density at radius 2 is 1.88 bits per heavy atom. The fourth-order valence-corrected chi connectivity index (χ4v) is 3.40. The molecule has 8 nitrogen and oxygen atoms in total. The smallest absolute Gasteiger partial charge is 0.154 e. The standard InChI is InChI=1S/C24H22N8/c1-16(2)18-9-24(31-27-12-18)30-23-6-5-21-22(29-23)8-19(11-26-21)20-13-28-32(15-20)14-17-4-3-7-25-10-17/h3-13,15-16H,14H2,1-2H3,(H,29,30,31). The van der Waals surface area contributed by atoms with Gasteiger partial charge in [0.1, 0.15) is 5.82 Å². The van der Waals surface area contributed by atoms with E-state index in [1.54, 1.807) is 12.4 Å². The van der Waals surface area contributed by atoms with Gasteiger partial charge in [-0.05, 0) is 47.4 Å². The summed E-state index contributed by atoms with van der Waals surface area (Å²) in [6.45, 7) is 4.92. The molecule has 0 radical (unpaired) electrons. The summed E-state index contributed by atoms with van der Waals surface area (Å²) in [5.74, 6) is 1.74. The number of nitrogens with zero attached hydrogens (tertiary/aromatic N) is 7. The van der Waals surface area contributed by atoms with E-state index in [9.17, 15) is 0 Å². The molecule has 0 aliphatic heterocycles. The lowest BCUT2D eigenvalue weighted by Gasteiger charge is -2.09. The molecule has 32 heavy (non-hydrogen) atoms. The summed E-state index contributed by atoms with van der Waals surface area (Å²) in [7, 11) is 0. The molecule has 0 spiro atoms. The maximum absolute atomic E-state index is 4.73. The van der Waals surface area contributed by atoms with Gasteiger partial charge in [-0.2, -0.15) is 10.2 Å². The summed E-state index contributed by atoms with van der Waals surface area (Å²) < 4.78 is 1.89. The van der Waals surface area contributed by atoms with Gasteiger partial charge in [0, 0.05) is 35.9 Å². The third-order valence-electron chi connectivity index (χ3n) is 5.17. The van der Waals surface area contributed by atoms with E-state index >= 15 is 0 Å². The van der Waals surface area contributed by atoms with Crippen LogP contribution in [0.25, 0.3) is 22.2 Å². The minimum atomic E-state index is 0.376. The Morgan fingerprint density at radius 1 is 0.938 bits per heavy atom. The van der Waals surface area contributed by atoms with Gasteiger partial charge in [-0.15, -0.1) is 5.10 Å². The minimum Gasteiger partial charge on any atom is -0.323 e. The number of hydrogen-bond acceptors (Lipinski definition) is 7. The summed E-state index contributed by atoms with van der Waals surface area (Å²) in [4.78, 5) is 13.5. The highest BCUT2D eigenvalue weighted by Crippen LogP contribution is 2.24. The molecule has 0 saturated carbocycles. The Bertz CT molecular complexity index is 1360. The number of aromatic nitrogens is 7. The molecule has 5 rings (SSSR count). The van der Waals surface area contributed by atoms with Crippen molar-refractivity contribution in [3.8, 4) is 11.1 Å². The zero-order chi connectivity index (χ0) is 21.9. The summed E-state index contributed by atoms with van der Waals surface area (Å²) in [5, 5.41) is 16.0.